The minimum atomic E-state index is -0.163. The normalized spacial score (nSPS) is 10.7. The predicted molar refractivity (Wildman–Crippen MR) is 83.4 cm³/mol. The molecule has 106 valence electrons. The third-order valence-corrected chi connectivity index (χ3v) is 3.36. The highest BCUT2D eigenvalue weighted by Gasteiger charge is 2.14. The summed E-state index contributed by atoms with van der Waals surface area (Å²) in [4.78, 5) is 12.5. The van der Waals surface area contributed by atoms with Gasteiger partial charge in [0.2, 0.25) is 0 Å². The lowest BCUT2D eigenvalue weighted by molar-refractivity contribution is 0.102. The Morgan fingerprint density at radius 1 is 1.10 bits per heavy atom. The van der Waals surface area contributed by atoms with Crippen molar-refractivity contribution in [3.8, 4) is 0 Å². The van der Waals surface area contributed by atoms with Crippen molar-refractivity contribution in [2.45, 2.75) is 6.54 Å². The van der Waals surface area contributed by atoms with Gasteiger partial charge >= 0.3 is 0 Å². The van der Waals surface area contributed by atoms with Crippen molar-refractivity contribution < 1.29 is 9.21 Å². The summed E-state index contributed by atoms with van der Waals surface area (Å²) in [6.07, 6.45) is 1.50. The largest absolute Gasteiger partial charge is 0.463 e. The van der Waals surface area contributed by atoms with E-state index in [-0.39, 0.29) is 5.91 Å². The number of para-hydroxylation sites is 2. The Morgan fingerprint density at radius 3 is 2.71 bits per heavy atom. The van der Waals surface area contributed by atoms with E-state index >= 15 is 0 Å². The van der Waals surface area contributed by atoms with Gasteiger partial charge in [-0.1, -0.05) is 36.4 Å². The number of furan rings is 1. The first-order valence-electron chi connectivity index (χ1n) is 6.79. The number of amides is 1. The third kappa shape index (κ3) is 2.66. The second-order valence-electron chi connectivity index (χ2n) is 4.79. The molecular formula is C17H16N2O2. The van der Waals surface area contributed by atoms with E-state index in [4.69, 9.17) is 4.42 Å². The quantitative estimate of drug-likeness (QED) is 0.770. The molecular weight excluding hydrogens is 264 g/mol. The van der Waals surface area contributed by atoms with Crippen molar-refractivity contribution in [3.05, 3.63) is 65.9 Å². The van der Waals surface area contributed by atoms with Crippen LogP contribution in [0.4, 0.5) is 5.69 Å². The molecule has 0 saturated carbocycles. The van der Waals surface area contributed by atoms with Crippen LogP contribution in [0.5, 0.6) is 0 Å². The summed E-state index contributed by atoms with van der Waals surface area (Å²) < 4.78 is 5.41. The number of benzene rings is 2. The van der Waals surface area contributed by atoms with Crippen LogP contribution in [0, 0.1) is 0 Å². The van der Waals surface area contributed by atoms with Crippen LogP contribution in [0.25, 0.3) is 11.0 Å². The van der Waals surface area contributed by atoms with Crippen LogP contribution < -0.4 is 10.6 Å². The number of rotatable bonds is 4. The van der Waals surface area contributed by atoms with E-state index in [0.29, 0.717) is 17.7 Å². The van der Waals surface area contributed by atoms with Crippen molar-refractivity contribution in [3.63, 3.8) is 0 Å². The predicted octanol–water partition coefficient (Wildman–Crippen LogP) is 3.40. The highest BCUT2D eigenvalue weighted by atomic mass is 16.3. The summed E-state index contributed by atoms with van der Waals surface area (Å²) >= 11 is 0. The first-order valence-corrected chi connectivity index (χ1v) is 6.79. The average Bonchev–Trinajstić information content (AvgIpc) is 2.93. The minimum Gasteiger partial charge on any atom is -0.463 e. The monoisotopic (exact) mass is 280 g/mol. The number of carbonyl (C=O) groups is 1. The molecule has 0 aliphatic heterocycles. The smallest absolute Gasteiger partial charge is 0.259 e. The molecule has 1 amide bonds. The van der Waals surface area contributed by atoms with Gasteiger partial charge in [-0.2, -0.15) is 0 Å². The lowest BCUT2D eigenvalue weighted by atomic mass is 10.1. The molecule has 0 fully saturated rings. The Labute approximate surface area is 122 Å². The fraction of sp³-hybridized carbons (Fsp3) is 0.118. The molecule has 1 aromatic heterocycles. The molecule has 0 radical (unpaired) electrons. The summed E-state index contributed by atoms with van der Waals surface area (Å²) in [5.41, 5.74) is 3.11. The van der Waals surface area contributed by atoms with Crippen LogP contribution in [-0.4, -0.2) is 13.0 Å². The molecule has 1 heterocycles. The zero-order valence-corrected chi connectivity index (χ0v) is 11.7. The maximum Gasteiger partial charge on any atom is 0.259 e. The molecule has 0 aliphatic rings. The van der Waals surface area contributed by atoms with Gasteiger partial charge < -0.3 is 15.1 Å². The van der Waals surface area contributed by atoms with Crippen molar-refractivity contribution in [2.24, 2.45) is 0 Å². The Bertz CT molecular complexity index is 777. The number of hydrogen-bond donors (Lipinski definition) is 2. The van der Waals surface area contributed by atoms with Gasteiger partial charge in [0, 0.05) is 17.6 Å². The first kappa shape index (κ1) is 13.4. The third-order valence-electron chi connectivity index (χ3n) is 3.36. The molecule has 0 atom stereocenters. The van der Waals surface area contributed by atoms with E-state index in [1.165, 1.54) is 6.26 Å². The van der Waals surface area contributed by atoms with Crippen LogP contribution in [0.15, 0.2) is 59.2 Å². The highest BCUT2D eigenvalue weighted by molar-refractivity contribution is 6.12. The summed E-state index contributed by atoms with van der Waals surface area (Å²) in [6, 6.07) is 15.2. The molecule has 3 rings (SSSR count). The molecule has 0 spiro atoms. The van der Waals surface area contributed by atoms with E-state index < -0.39 is 0 Å². The average molecular weight is 280 g/mol. The molecule has 2 aromatic carbocycles. The van der Waals surface area contributed by atoms with E-state index in [2.05, 4.69) is 10.6 Å². The Hall–Kier alpha value is -2.59. The van der Waals surface area contributed by atoms with Gasteiger partial charge in [0.05, 0.1) is 5.56 Å². The van der Waals surface area contributed by atoms with E-state index in [1.807, 2.05) is 55.6 Å². The number of anilines is 1. The number of hydrogen-bond acceptors (Lipinski definition) is 3. The van der Waals surface area contributed by atoms with Crippen LogP contribution >= 0.6 is 0 Å². The van der Waals surface area contributed by atoms with Gasteiger partial charge in [-0.05, 0) is 24.7 Å². The maximum absolute atomic E-state index is 12.5. The summed E-state index contributed by atoms with van der Waals surface area (Å²) in [5, 5.41) is 6.86. The summed E-state index contributed by atoms with van der Waals surface area (Å²) in [5.74, 6) is -0.163. The van der Waals surface area contributed by atoms with E-state index in [9.17, 15) is 4.79 Å². The standard InChI is InChI=1S/C17H16N2O2/c1-18-10-12-6-2-4-8-15(12)19-17(20)14-11-21-16-9-5-3-7-13(14)16/h2-9,11,18H,10H2,1H3,(H,19,20). The molecule has 0 aliphatic carbocycles. The zero-order valence-electron chi connectivity index (χ0n) is 11.7. The van der Waals surface area contributed by atoms with Crippen molar-refractivity contribution >= 4 is 22.6 Å². The van der Waals surface area contributed by atoms with Gasteiger partial charge in [-0.15, -0.1) is 0 Å². The lowest BCUT2D eigenvalue weighted by Crippen LogP contribution is -2.15. The Balaban J connectivity index is 1.90. The second kappa shape index (κ2) is 5.81. The Kier molecular flexibility index (Phi) is 3.71. The van der Waals surface area contributed by atoms with Gasteiger partial charge in [0.1, 0.15) is 11.8 Å². The molecule has 0 unspecified atom stereocenters. The Morgan fingerprint density at radius 2 is 1.86 bits per heavy atom. The van der Waals surface area contributed by atoms with Gasteiger partial charge in [0.25, 0.3) is 5.91 Å². The molecule has 0 saturated heterocycles. The van der Waals surface area contributed by atoms with Gasteiger partial charge in [0.15, 0.2) is 0 Å². The van der Waals surface area contributed by atoms with E-state index in [1.54, 1.807) is 0 Å². The summed E-state index contributed by atoms with van der Waals surface area (Å²) in [6.45, 7) is 0.697. The maximum atomic E-state index is 12.5. The van der Waals surface area contributed by atoms with Crippen molar-refractivity contribution in [2.75, 3.05) is 12.4 Å². The molecule has 0 bridgehead atoms. The molecule has 4 nitrogen and oxygen atoms in total. The topological polar surface area (TPSA) is 54.3 Å². The van der Waals surface area contributed by atoms with E-state index in [0.717, 1.165) is 16.6 Å². The fourth-order valence-electron chi connectivity index (χ4n) is 2.33. The fourth-order valence-corrected chi connectivity index (χ4v) is 2.33. The molecule has 2 N–H and O–H groups in total. The summed E-state index contributed by atoms with van der Waals surface area (Å²) in [7, 11) is 1.88. The van der Waals surface area contributed by atoms with Crippen molar-refractivity contribution in [1.29, 1.82) is 0 Å². The number of carbonyl (C=O) groups excluding carboxylic acids is 1. The molecule has 4 heteroatoms. The zero-order chi connectivity index (χ0) is 14.7. The van der Waals surface area contributed by atoms with Crippen molar-refractivity contribution in [1.82, 2.24) is 5.32 Å². The van der Waals surface area contributed by atoms with Crippen LogP contribution in [0.2, 0.25) is 0 Å². The second-order valence-corrected chi connectivity index (χ2v) is 4.79. The van der Waals surface area contributed by atoms with Gasteiger partial charge in [-0.25, -0.2) is 0 Å². The molecule has 21 heavy (non-hydrogen) atoms. The van der Waals surface area contributed by atoms with Gasteiger partial charge in [-0.3, -0.25) is 4.79 Å². The molecule has 3 aromatic rings. The first-order chi connectivity index (χ1) is 10.3. The van der Waals surface area contributed by atoms with Crippen LogP contribution in [0.1, 0.15) is 15.9 Å². The SMILES string of the molecule is CNCc1ccccc1NC(=O)c1coc2ccccc12. The number of nitrogens with one attached hydrogen (secondary N) is 2. The lowest BCUT2D eigenvalue weighted by Gasteiger charge is -2.10. The minimum absolute atomic E-state index is 0.163. The van der Waals surface area contributed by atoms with Crippen LogP contribution in [0.3, 0.4) is 0 Å². The van der Waals surface area contributed by atoms with Crippen LogP contribution in [-0.2, 0) is 6.54 Å². The highest BCUT2D eigenvalue weighted by Crippen LogP contribution is 2.22. The number of fused-ring (bicyclic) bond motifs is 1.